The van der Waals surface area contributed by atoms with Crippen LogP contribution in [0.15, 0.2) is 24.3 Å². The summed E-state index contributed by atoms with van der Waals surface area (Å²) in [4.78, 5) is 31.8. The lowest BCUT2D eigenvalue weighted by Gasteiger charge is -2.11. The first-order chi connectivity index (χ1) is 14.5. The molecule has 1 aromatic carbocycles. The van der Waals surface area contributed by atoms with Crippen molar-refractivity contribution in [2.75, 3.05) is 5.32 Å². The number of hydrogen-bond donors (Lipinski definition) is 1. The van der Waals surface area contributed by atoms with Crippen molar-refractivity contribution < 1.29 is 27.5 Å². The van der Waals surface area contributed by atoms with E-state index in [-0.39, 0.29) is 18.3 Å². The highest BCUT2D eigenvalue weighted by Gasteiger charge is 2.37. The average molecular weight is 435 g/mol. The van der Waals surface area contributed by atoms with Crippen molar-refractivity contribution in [2.24, 2.45) is 0 Å². The monoisotopic (exact) mass is 435 g/mol. The van der Waals surface area contributed by atoms with E-state index >= 15 is 0 Å². The Morgan fingerprint density at radius 2 is 1.77 bits per heavy atom. The highest BCUT2D eigenvalue weighted by molar-refractivity contribution is 5.94. The van der Waals surface area contributed by atoms with Crippen LogP contribution in [0, 0.1) is 13.8 Å². The summed E-state index contributed by atoms with van der Waals surface area (Å²) in [6, 6.07) is 6.17. The van der Waals surface area contributed by atoms with Crippen LogP contribution in [0.3, 0.4) is 0 Å². The van der Waals surface area contributed by atoms with Crippen molar-refractivity contribution in [2.45, 2.75) is 46.4 Å². The summed E-state index contributed by atoms with van der Waals surface area (Å²) in [5, 5.41) is 6.15. The molecule has 0 bridgehead atoms. The SMILES string of the molecule is Cc1nc2nc(C(F)(F)F)nn2c(C)c1CC(=O)Nc1ccc(C(=O)OC(C)C)cc1. The van der Waals surface area contributed by atoms with E-state index in [0.29, 0.717) is 28.2 Å². The summed E-state index contributed by atoms with van der Waals surface area (Å²) >= 11 is 0. The fourth-order valence-electron chi connectivity index (χ4n) is 2.92. The summed E-state index contributed by atoms with van der Waals surface area (Å²) in [6.45, 7) is 6.62. The zero-order valence-corrected chi connectivity index (χ0v) is 17.2. The molecule has 0 spiro atoms. The van der Waals surface area contributed by atoms with Crippen LogP contribution in [-0.4, -0.2) is 37.6 Å². The number of amides is 1. The fraction of sp³-hybridized carbons (Fsp3) is 0.350. The second-order valence-corrected chi connectivity index (χ2v) is 7.16. The van der Waals surface area contributed by atoms with Crippen molar-refractivity contribution in [3.05, 3.63) is 52.6 Å². The number of nitrogens with zero attached hydrogens (tertiary/aromatic N) is 4. The third-order valence-electron chi connectivity index (χ3n) is 4.39. The first-order valence-corrected chi connectivity index (χ1v) is 9.36. The fourth-order valence-corrected chi connectivity index (χ4v) is 2.92. The molecule has 0 aliphatic rings. The van der Waals surface area contributed by atoms with E-state index in [4.69, 9.17) is 4.74 Å². The molecule has 0 saturated carbocycles. The van der Waals surface area contributed by atoms with Crippen molar-refractivity contribution in [3.63, 3.8) is 0 Å². The lowest BCUT2D eigenvalue weighted by molar-refractivity contribution is -0.144. The number of anilines is 1. The molecule has 0 unspecified atom stereocenters. The zero-order chi connectivity index (χ0) is 22.9. The third kappa shape index (κ3) is 4.98. The Labute approximate surface area is 175 Å². The number of rotatable bonds is 5. The molecular formula is C20H20F3N5O3. The molecular weight excluding hydrogens is 415 g/mol. The van der Waals surface area contributed by atoms with Gasteiger partial charge in [-0.2, -0.15) is 18.2 Å². The molecule has 31 heavy (non-hydrogen) atoms. The van der Waals surface area contributed by atoms with Gasteiger partial charge < -0.3 is 10.1 Å². The van der Waals surface area contributed by atoms with Crippen LogP contribution in [0.25, 0.3) is 5.78 Å². The summed E-state index contributed by atoms with van der Waals surface area (Å²) in [7, 11) is 0. The largest absolute Gasteiger partial charge is 0.459 e. The highest BCUT2D eigenvalue weighted by atomic mass is 19.4. The summed E-state index contributed by atoms with van der Waals surface area (Å²) in [6.07, 6.45) is -5.07. The number of aromatic nitrogens is 4. The number of carbonyl (C=O) groups is 2. The van der Waals surface area contributed by atoms with Gasteiger partial charge >= 0.3 is 12.1 Å². The van der Waals surface area contributed by atoms with Gasteiger partial charge in [-0.15, -0.1) is 5.10 Å². The minimum absolute atomic E-state index is 0.126. The summed E-state index contributed by atoms with van der Waals surface area (Å²) < 4.78 is 44.8. The van der Waals surface area contributed by atoms with E-state index in [1.807, 2.05) is 0 Å². The maximum atomic E-state index is 12.9. The second kappa shape index (κ2) is 8.32. The van der Waals surface area contributed by atoms with E-state index in [1.54, 1.807) is 39.8 Å². The van der Waals surface area contributed by atoms with E-state index in [9.17, 15) is 22.8 Å². The smallest absolute Gasteiger partial charge is 0.453 e. The first kappa shape index (κ1) is 22.2. The molecule has 0 fully saturated rings. The van der Waals surface area contributed by atoms with Crippen LogP contribution < -0.4 is 5.32 Å². The number of alkyl halides is 3. The molecule has 0 atom stereocenters. The third-order valence-corrected chi connectivity index (χ3v) is 4.39. The number of halogens is 3. The van der Waals surface area contributed by atoms with Crippen molar-refractivity contribution in [1.29, 1.82) is 0 Å². The van der Waals surface area contributed by atoms with Gasteiger partial charge in [0.15, 0.2) is 0 Å². The molecule has 3 aromatic rings. The molecule has 164 valence electrons. The van der Waals surface area contributed by atoms with Gasteiger partial charge in [-0.3, -0.25) is 4.79 Å². The van der Waals surface area contributed by atoms with E-state index in [2.05, 4.69) is 20.4 Å². The maximum Gasteiger partial charge on any atom is 0.453 e. The van der Waals surface area contributed by atoms with E-state index < -0.39 is 23.9 Å². The molecule has 2 aromatic heterocycles. The molecule has 0 radical (unpaired) electrons. The Morgan fingerprint density at radius 3 is 2.35 bits per heavy atom. The molecule has 1 N–H and O–H groups in total. The molecule has 1 amide bonds. The Bertz CT molecular complexity index is 1140. The van der Waals surface area contributed by atoms with Crippen molar-refractivity contribution >= 4 is 23.3 Å². The number of fused-ring (bicyclic) bond motifs is 1. The molecule has 0 aliphatic carbocycles. The van der Waals surface area contributed by atoms with Gasteiger partial charge in [-0.25, -0.2) is 14.3 Å². The van der Waals surface area contributed by atoms with Crippen LogP contribution in [0.1, 0.15) is 47.0 Å². The Balaban J connectivity index is 1.76. The molecule has 0 aliphatic heterocycles. The van der Waals surface area contributed by atoms with Gasteiger partial charge in [0, 0.05) is 22.6 Å². The molecule has 2 heterocycles. The van der Waals surface area contributed by atoms with Gasteiger partial charge in [-0.05, 0) is 52.0 Å². The topological polar surface area (TPSA) is 98.5 Å². The number of ether oxygens (including phenoxy) is 1. The van der Waals surface area contributed by atoms with Crippen molar-refractivity contribution in [1.82, 2.24) is 19.6 Å². The van der Waals surface area contributed by atoms with Gasteiger partial charge in [0.05, 0.1) is 18.1 Å². The zero-order valence-electron chi connectivity index (χ0n) is 17.2. The van der Waals surface area contributed by atoms with Gasteiger partial charge in [0.1, 0.15) is 0 Å². The lowest BCUT2D eigenvalue weighted by atomic mass is 10.1. The lowest BCUT2D eigenvalue weighted by Crippen LogP contribution is -2.18. The van der Waals surface area contributed by atoms with Crippen molar-refractivity contribution in [3.8, 4) is 0 Å². The second-order valence-electron chi connectivity index (χ2n) is 7.16. The quantitative estimate of drug-likeness (QED) is 0.616. The van der Waals surface area contributed by atoms with Gasteiger partial charge in [0.25, 0.3) is 11.6 Å². The highest BCUT2D eigenvalue weighted by Crippen LogP contribution is 2.27. The predicted molar refractivity (Wildman–Crippen MR) is 105 cm³/mol. The number of carbonyl (C=O) groups excluding carboxylic acids is 2. The number of aryl methyl sites for hydroxylation is 2. The molecule has 8 nitrogen and oxygen atoms in total. The summed E-state index contributed by atoms with van der Waals surface area (Å²) in [5.74, 6) is -2.35. The minimum Gasteiger partial charge on any atom is -0.459 e. The van der Waals surface area contributed by atoms with E-state index in [1.165, 1.54) is 12.1 Å². The Morgan fingerprint density at radius 1 is 1.13 bits per heavy atom. The van der Waals surface area contributed by atoms with Gasteiger partial charge in [0.2, 0.25) is 5.91 Å². The average Bonchev–Trinajstić information content (AvgIpc) is 3.10. The standard InChI is InChI=1S/C20H20F3N5O3/c1-10(2)31-17(30)13-5-7-14(8-6-13)25-16(29)9-15-11(3)24-19-26-18(20(21,22)23)27-28(19)12(15)4/h5-8,10H,9H2,1-4H3,(H,25,29). The van der Waals surface area contributed by atoms with Crippen LogP contribution >= 0.6 is 0 Å². The number of nitrogens with one attached hydrogen (secondary N) is 1. The first-order valence-electron chi connectivity index (χ1n) is 9.36. The molecule has 3 rings (SSSR count). The minimum atomic E-state index is -4.70. The number of esters is 1. The van der Waals surface area contributed by atoms with Crippen LogP contribution in [0.5, 0.6) is 0 Å². The molecule has 0 saturated heterocycles. The normalized spacial score (nSPS) is 11.7. The predicted octanol–water partition coefficient (Wildman–Crippen LogP) is 3.51. The van der Waals surface area contributed by atoms with Gasteiger partial charge in [-0.1, -0.05) is 0 Å². The van der Waals surface area contributed by atoms with Crippen LogP contribution in [0.2, 0.25) is 0 Å². The van der Waals surface area contributed by atoms with Crippen LogP contribution in [-0.2, 0) is 22.1 Å². The summed E-state index contributed by atoms with van der Waals surface area (Å²) in [5.41, 5.74) is 1.97. The maximum absolute atomic E-state index is 12.9. The Hall–Kier alpha value is -3.50. The Kier molecular flexibility index (Phi) is 5.96. The number of hydrogen-bond acceptors (Lipinski definition) is 6. The molecule has 11 heteroatoms. The van der Waals surface area contributed by atoms with E-state index in [0.717, 1.165) is 4.52 Å². The number of benzene rings is 1. The van der Waals surface area contributed by atoms with Crippen LogP contribution in [0.4, 0.5) is 18.9 Å².